The number of amides is 1. The van der Waals surface area contributed by atoms with Gasteiger partial charge >= 0.3 is 0 Å². The highest BCUT2D eigenvalue weighted by Gasteiger charge is 2.17. The average molecular weight is 314 g/mol. The zero-order chi connectivity index (χ0) is 15.4. The standard InChI is InChI=1S/C18H22N2OS/c1-13-17(15-9-3-2-4-10-15)22-18(19-13)20-16(21)12-11-14-7-5-6-8-14/h2-4,9-10,14H,5-8,11-12H2,1H3,(H,19,20,21). The predicted octanol–water partition coefficient (Wildman–Crippen LogP) is 5.03. The number of thiazole rings is 1. The van der Waals surface area contributed by atoms with Crippen LogP contribution in [-0.2, 0) is 4.79 Å². The molecule has 1 saturated carbocycles. The molecular formula is C18H22N2OS. The molecule has 1 heterocycles. The zero-order valence-electron chi connectivity index (χ0n) is 13.0. The lowest BCUT2D eigenvalue weighted by Gasteiger charge is -2.07. The van der Waals surface area contributed by atoms with Crippen molar-refractivity contribution in [2.45, 2.75) is 45.4 Å². The van der Waals surface area contributed by atoms with Crippen LogP contribution in [0.25, 0.3) is 10.4 Å². The molecule has 0 unspecified atom stereocenters. The van der Waals surface area contributed by atoms with Crippen LogP contribution >= 0.6 is 11.3 Å². The second-order valence-electron chi connectivity index (χ2n) is 6.04. The molecule has 1 aliphatic carbocycles. The minimum Gasteiger partial charge on any atom is -0.302 e. The van der Waals surface area contributed by atoms with Gasteiger partial charge in [0.25, 0.3) is 0 Å². The van der Waals surface area contributed by atoms with Gasteiger partial charge in [0.2, 0.25) is 5.91 Å². The molecule has 1 N–H and O–H groups in total. The number of benzene rings is 1. The summed E-state index contributed by atoms with van der Waals surface area (Å²) in [5.41, 5.74) is 2.13. The number of hydrogen-bond donors (Lipinski definition) is 1. The molecule has 1 aliphatic rings. The Hall–Kier alpha value is -1.68. The molecule has 0 aliphatic heterocycles. The van der Waals surface area contributed by atoms with Crippen molar-refractivity contribution >= 4 is 22.4 Å². The number of anilines is 1. The van der Waals surface area contributed by atoms with Crippen LogP contribution in [0.3, 0.4) is 0 Å². The highest BCUT2D eigenvalue weighted by atomic mass is 32.1. The summed E-state index contributed by atoms with van der Waals surface area (Å²) in [6.45, 7) is 1.99. The summed E-state index contributed by atoms with van der Waals surface area (Å²) >= 11 is 1.56. The summed E-state index contributed by atoms with van der Waals surface area (Å²) in [5, 5.41) is 3.68. The number of carbonyl (C=O) groups excluding carboxylic acids is 1. The van der Waals surface area contributed by atoms with Gasteiger partial charge in [-0.05, 0) is 24.8 Å². The van der Waals surface area contributed by atoms with E-state index in [1.54, 1.807) is 11.3 Å². The molecule has 3 nitrogen and oxygen atoms in total. The molecule has 0 radical (unpaired) electrons. The van der Waals surface area contributed by atoms with E-state index in [-0.39, 0.29) is 5.91 Å². The van der Waals surface area contributed by atoms with Crippen molar-refractivity contribution < 1.29 is 4.79 Å². The fraction of sp³-hybridized carbons (Fsp3) is 0.444. The van der Waals surface area contributed by atoms with Crippen LogP contribution in [0.4, 0.5) is 5.13 Å². The Bertz CT molecular complexity index is 630. The van der Waals surface area contributed by atoms with Crippen molar-refractivity contribution in [1.82, 2.24) is 4.98 Å². The predicted molar refractivity (Wildman–Crippen MR) is 92.1 cm³/mol. The van der Waals surface area contributed by atoms with Crippen molar-refractivity contribution in [3.05, 3.63) is 36.0 Å². The molecule has 0 spiro atoms. The Kier molecular flexibility index (Phi) is 4.88. The third kappa shape index (κ3) is 3.74. The first-order chi connectivity index (χ1) is 10.7. The molecule has 3 rings (SSSR count). The summed E-state index contributed by atoms with van der Waals surface area (Å²) < 4.78 is 0. The lowest BCUT2D eigenvalue weighted by Crippen LogP contribution is -2.12. The Morgan fingerprint density at radius 1 is 1.27 bits per heavy atom. The third-order valence-corrected chi connectivity index (χ3v) is 5.46. The summed E-state index contributed by atoms with van der Waals surface area (Å²) in [7, 11) is 0. The molecule has 0 atom stereocenters. The molecule has 116 valence electrons. The highest BCUT2D eigenvalue weighted by molar-refractivity contribution is 7.19. The normalized spacial score (nSPS) is 15.1. The van der Waals surface area contributed by atoms with E-state index in [9.17, 15) is 4.79 Å². The smallest absolute Gasteiger partial charge is 0.226 e. The number of nitrogens with zero attached hydrogens (tertiary/aromatic N) is 1. The Morgan fingerprint density at radius 2 is 2.00 bits per heavy atom. The van der Waals surface area contributed by atoms with E-state index < -0.39 is 0 Å². The van der Waals surface area contributed by atoms with Crippen LogP contribution in [-0.4, -0.2) is 10.9 Å². The first-order valence-electron chi connectivity index (χ1n) is 8.05. The monoisotopic (exact) mass is 314 g/mol. The largest absolute Gasteiger partial charge is 0.302 e. The van der Waals surface area contributed by atoms with Crippen LogP contribution in [0, 0.1) is 12.8 Å². The fourth-order valence-electron chi connectivity index (χ4n) is 3.12. The average Bonchev–Trinajstić information content (AvgIpc) is 3.16. The van der Waals surface area contributed by atoms with Gasteiger partial charge in [0, 0.05) is 6.42 Å². The number of aryl methyl sites for hydroxylation is 1. The van der Waals surface area contributed by atoms with Gasteiger partial charge in [0.15, 0.2) is 5.13 Å². The van der Waals surface area contributed by atoms with E-state index in [0.717, 1.165) is 28.5 Å². The van der Waals surface area contributed by atoms with E-state index in [0.29, 0.717) is 11.6 Å². The van der Waals surface area contributed by atoms with Gasteiger partial charge < -0.3 is 5.32 Å². The van der Waals surface area contributed by atoms with Crippen molar-refractivity contribution in [3.63, 3.8) is 0 Å². The maximum Gasteiger partial charge on any atom is 0.226 e. The van der Waals surface area contributed by atoms with E-state index in [1.165, 1.54) is 25.7 Å². The van der Waals surface area contributed by atoms with Gasteiger partial charge in [0.1, 0.15) is 0 Å². The van der Waals surface area contributed by atoms with Crippen LogP contribution < -0.4 is 5.32 Å². The van der Waals surface area contributed by atoms with Crippen LogP contribution in [0.1, 0.15) is 44.2 Å². The van der Waals surface area contributed by atoms with E-state index in [2.05, 4.69) is 22.4 Å². The molecule has 2 aromatic rings. The summed E-state index contributed by atoms with van der Waals surface area (Å²) in [4.78, 5) is 17.7. The first-order valence-corrected chi connectivity index (χ1v) is 8.87. The fourth-order valence-corrected chi connectivity index (χ4v) is 4.11. The third-order valence-electron chi connectivity index (χ3n) is 4.33. The number of carbonyl (C=O) groups is 1. The van der Waals surface area contributed by atoms with Gasteiger partial charge in [-0.1, -0.05) is 67.4 Å². The molecular weight excluding hydrogens is 292 g/mol. The topological polar surface area (TPSA) is 42.0 Å². The van der Waals surface area contributed by atoms with Crippen molar-refractivity contribution in [2.24, 2.45) is 5.92 Å². The molecule has 1 amide bonds. The Morgan fingerprint density at radius 3 is 2.73 bits per heavy atom. The molecule has 1 aromatic carbocycles. The highest BCUT2D eigenvalue weighted by Crippen LogP contribution is 2.33. The molecule has 1 aromatic heterocycles. The lowest BCUT2D eigenvalue weighted by atomic mass is 10.0. The molecule has 1 fully saturated rings. The molecule has 0 bridgehead atoms. The van der Waals surface area contributed by atoms with Gasteiger partial charge in [-0.2, -0.15) is 0 Å². The summed E-state index contributed by atoms with van der Waals surface area (Å²) in [5.74, 6) is 0.851. The van der Waals surface area contributed by atoms with Crippen molar-refractivity contribution in [1.29, 1.82) is 0 Å². The molecule has 22 heavy (non-hydrogen) atoms. The number of aromatic nitrogens is 1. The maximum absolute atomic E-state index is 12.1. The maximum atomic E-state index is 12.1. The summed E-state index contributed by atoms with van der Waals surface area (Å²) in [6.07, 6.45) is 6.88. The van der Waals surface area contributed by atoms with Gasteiger partial charge in [-0.15, -0.1) is 0 Å². The minimum atomic E-state index is 0.0975. The van der Waals surface area contributed by atoms with Gasteiger partial charge in [-0.3, -0.25) is 4.79 Å². The van der Waals surface area contributed by atoms with Gasteiger partial charge in [-0.25, -0.2) is 4.98 Å². The van der Waals surface area contributed by atoms with E-state index in [1.807, 2.05) is 25.1 Å². The van der Waals surface area contributed by atoms with Gasteiger partial charge in [0.05, 0.1) is 10.6 Å². The SMILES string of the molecule is Cc1nc(NC(=O)CCC2CCCC2)sc1-c1ccccc1. The number of rotatable bonds is 5. The van der Waals surface area contributed by atoms with Crippen LogP contribution in [0.15, 0.2) is 30.3 Å². The van der Waals surface area contributed by atoms with E-state index in [4.69, 9.17) is 0 Å². The number of hydrogen-bond acceptors (Lipinski definition) is 3. The molecule has 4 heteroatoms. The Balaban J connectivity index is 1.59. The zero-order valence-corrected chi connectivity index (χ0v) is 13.8. The second kappa shape index (κ2) is 7.05. The number of nitrogens with one attached hydrogen (secondary N) is 1. The van der Waals surface area contributed by atoms with Crippen molar-refractivity contribution in [3.8, 4) is 10.4 Å². The van der Waals surface area contributed by atoms with Crippen LogP contribution in [0.5, 0.6) is 0 Å². The Labute approximate surface area is 135 Å². The molecule has 0 saturated heterocycles. The summed E-state index contributed by atoms with van der Waals surface area (Å²) in [6, 6.07) is 10.2. The van der Waals surface area contributed by atoms with Crippen molar-refractivity contribution in [2.75, 3.05) is 5.32 Å². The van der Waals surface area contributed by atoms with E-state index >= 15 is 0 Å². The van der Waals surface area contributed by atoms with Crippen LogP contribution in [0.2, 0.25) is 0 Å². The second-order valence-corrected chi connectivity index (χ2v) is 7.04. The minimum absolute atomic E-state index is 0.0975. The quantitative estimate of drug-likeness (QED) is 0.841. The lowest BCUT2D eigenvalue weighted by molar-refractivity contribution is -0.116. The first kappa shape index (κ1) is 15.2.